The summed E-state index contributed by atoms with van der Waals surface area (Å²) >= 11 is 1.44. The molecular formula is C11H8ClF2N3S. The fraction of sp³-hybridized carbons (Fsp3) is 0. The highest BCUT2D eigenvalue weighted by Gasteiger charge is 2.14. The van der Waals surface area contributed by atoms with Crippen LogP contribution in [-0.4, -0.2) is 4.98 Å². The first-order valence-electron chi connectivity index (χ1n) is 4.83. The molecule has 18 heavy (non-hydrogen) atoms. The fourth-order valence-corrected chi connectivity index (χ4v) is 2.50. The van der Waals surface area contributed by atoms with Gasteiger partial charge >= 0.3 is 0 Å². The number of nitrogens with one attached hydrogen (secondary N) is 1. The quantitative estimate of drug-likeness (QED) is 0.763. The van der Waals surface area contributed by atoms with Gasteiger partial charge in [-0.1, -0.05) is 0 Å². The molecule has 0 fully saturated rings. The van der Waals surface area contributed by atoms with Gasteiger partial charge in [0.1, 0.15) is 5.00 Å². The Balaban J connectivity index is 0.00000120. The molecule has 1 aliphatic rings. The minimum atomic E-state index is -0.986. The van der Waals surface area contributed by atoms with E-state index in [2.05, 4.69) is 10.3 Å². The van der Waals surface area contributed by atoms with Gasteiger partial charge in [0.05, 0.1) is 22.5 Å². The Bertz CT molecular complexity index is 726. The number of halogens is 3. The van der Waals surface area contributed by atoms with Gasteiger partial charge in [0.15, 0.2) is 11.6 Å². The van der Waals surface area contributed by atoms with Crippen LogP contribution < -0.4 is 21.6 Å². The number of pyridine rings is 1. The first-order valence-corrected chi connectivity index (χ1v) is 5.71. The number of thiophene rings is 1. The average molecular weight is 288 g/mol. The summed E-state index contributed by atoms with van der Waals surface area (Å²) in [6, 6.07) is 1.81. The van der Waals surface area contributed by atoms with Crippen LogP contribution in [0.1, 0.15) is 5.56 Å². The molecule has 94 valence electrons. The molecule has 1 aliphatic heterocycles. The minimum absolute atomic E-state index is 0. The van der Waals surface area contributed by atoms with Crippen LogP contribution in [0, 0.1) is 11.6 Å². The number of aromatic nitrogens is 1. The lowest BCUT2D eigenvalue weighted by atomic mass is 10.2. The summed E-state index contributed by atoms with van der Waals surface area (Å²) in [4.78, 5) is 3.86. The van der Waals surface area contributed by atoms with Crippen molar-refractivity contribution in [2.45, 2.75) is 0 Å². The summed E-state index contributed by atoms with van der Waals surface area (Å²) in [6.07, 6.45) is 2.22. The monoisotopic (exact) mass is 287 g/mol. The van der Waals surface area contributed by atoms with Gasteiger partial charge < -0.3 is 11.1 Å². The van der Waals surface area contributed by atoms with Crippen molar-refractivity contribution in [3.8, 4) is 0 Å². The second kappa shape index (κ2) is 4.55. The Hall–Kier alpha value is -1.66. The lowest BCUT2D eigenvalue weighted by molar-refractivity contribution is 0.495. The standard InChI is InChI=1S/C11H7F2N3S.ClH/c12-7-4-15-10-6(8(7)13)3-16-11-5(9(10)14)1-2-17-11;/h1-4,16H,14H2;1H. The van der Waals surface area contributed by atoms with Crippen LogP contribution in [0.3, 0.4) is 0 Å². The molecular weight excluding hydrogens is 280 g/mol. The van der Waals surface area contributed by atoms with E-state index in [1.165, 1.54) is 17.5 Å². The highest BCUT2D eigenvalue weighted by Crippen LogP contribution is 2.26. The zero-order chi connectivity index (χ0) is 12.0. The van der Waals surface area contributed by atoms with E-state index in [1.54, 1.807) is 0 Å². The highest BCUT2D eigenvalue weighted by molar-refractivity contribution is 7.14. The van der Waals surface area contributed by atoms with Gasteiger partial charge in [0.25, 0.3) is 0 Å². The molecule has 0 spiro atoms. The van der Waals surface area contributed by atoms with Gasteiger partial charge in [0.2, 0.25) is 0 Å². The Morgan fingerprint density at radius 3 is 2.89 bits per heavy atom. The molecule has 3 nitrogen and oxygen atoms in total. The van der Waals surface area contributed by atoms with Crippen molar-refractivity contribution in [3.05, 3.63) is 45.4 Å². The van der Waals surface area contributed by atoms with Gasteiger partial charge in [-0.15, -0.1) is 23.7 Å². The average Bonchev–Trinajstić information content (AvgIpc) is 2.74. The third kappa shape index (κ3) is 1.74. The number of hydrogen-bond acceptors (Lipinski definition) is 4. The second-order valence-electron chi connectivity index (χ2n) is 3.55. The second-order valence-corrected chi connectivity index (χ2v) is 4.46. The summed E-state index contributed by atoms with van der Waals surface area (Å²) in [7, 11) is 0. The molecule has 7 heteroatoms. The van der Waals surface area contributed by atoms with Gasteiger partial charge in [-0.3, -0.25) is 4.98 Å². The molecule has 0 aromatic carbocycles. The smallest absolute Gasteiger partial charge is 0.177 e. The maximum absolute atomic E-state index is 13.6. The number of rotatable bonds is 0. The van der Waals surface area contributed by atoms with Crippen LogP contribution in [0.25, 0.3) is 11.9 Å². The van der Waals surface area contributed by atoms with E-state index < -0.39 is 11.6 Å². The molecule has 0 unspecified atom stereocenters. The van der Waals surface area contributed by atoms with Crippen LogP contribution in [0.4, 0.5) is 13.8 Å². The first kappa shape index (κ1) is 12.8. The van der Waals surface area contributed by atoms with E-state index in [0.29, 0.717) is 5.70 Å². The molecule has 0 atom stereocenters. The zero-order valence-electron chi connectivity index (χ0n) is 8.91. The van der Waals surface area contributed by atoms with E-state index in [4.69, 9.17) is 5.73 Å². The SMILES string of the molecule is Cl.NC1=c2ncc(F)c(F)c2=CNc2sccc21. The third-order valence-electron chi connectivity index (χ3n) is 2.57. The predicted molar refractivity (Wildman–Crippen MR) is 69.8 cm³/mol. The summed E-state index contributed by atoms with van der Waals surface area (Å²) in [6.45, 7) is 0. The minimum Gasteiger partial charge on any atom is -0.396 e. The summed E-state index contributed by atoms with van der Waals surface area (Å²) in [5.74, 6) is -1.93. The Morgan fingerprint density at radius 1 is 1.33 bits per heavy atom. The van der Waals surface area contributed by atoms with E-state index in [-0.39, 0.29) is 23.0 Å². The number of nitrogens with two attached hydrogens (primary N) is 1. The Labute approximate surface area is 111 Å². The van der Waals surface area contributed by atoms with Crippen LogP contribution in [0.2, 0.25) is 0 Å². The molecule has 3 N–H and O–H groups in total. The molecule has 3 rings (SSSR count). The van der Waals surface area contributed by atoms with Crippen LogP contribution in [0.5, 0.6) is 0 Å². The fourth-order valence-electron chi connectivity index (χ4n) is 1.72. The third-order valence-corrected chi connectivity index (χ3v) is 3.41. The lowest BCUT2D eigenvalue weighted by Crippen LogP contribution is -2.36. The van der Waals surface area contributed by atoms with Crippen molar-refractivity contribution in [2.75, 3.05) is 5.32 Å². The molecule has 0 saturated heterocycles. The van der Waals surface area contributed by atoms with Crippen molar-refractivity contribution in [1.82, 2.24) is 4.98 Å². The van der Waals surface area contributed by atoms with Crippen LogP contribution in [0.15, 0.2) is 17.6 Å². The van der Waals surface area contributed by atoms with Crippen molar-refractivity contribution in [1.29, 1.82) is 0 Å². The molecule has 0 bridgehead atoms. The molecule has 3 heterocycles. The first-order chi connectivity index (χ1) is 8.18. The van der Waals surface area contributed by atoms with Gasteiger partial charge in [-0.25, -0.2) is 8.78 Å². The van der Waals surface area contributed by atoms with Gasteiger partial charge in [-0.05, 0) is 11.4 Å². The normalized spacial score (nSPS) is 12.4. The predicted octanol–water partition coefficient (Wildman–Crippen LogP) is 1.12. The Morgan fingerprint density at radius 2 is 2.11 bits per heavy atom. The van der Waals surface area contributed by atoms with E-state index in [1.807, 2.05) is 11.4 Å². The molecule has 2 aromatic heterocycles. The number of fused-ring (bicyclic) bond motifs is 2. The highest BCUT2D eigenvalue weighted by atomic mass is 35.5. The van der Waals surface area contributed by atoms with Crippen molar-refractivity contribution < 1.29 is 8.78 Å². The zero-order valence-corrected chi connectivity index (χ0v) is 10.5. The lowest BCUT2D eigenvalue weighted by Gasteiger charge is -1.99. The molecule has 0 amide bonds. The van der Waals surface area contributed by atoms with E-state index >= 15 is 0 Å². The molecule has 0 aliphatic carbocycles. The summed E-state index contributed by atoms with van der Waals surface area (Å²) in [5, 5.41) is 5.87. The van der Waals surface area contributed by atoms with Crippen LogP contribution >= 0.6 is 23.7 Å². The summed E-state index contributed by atoms with van der Waals surface area (Å²) < 4.78 is 26.7. The van der Waals surface area contributed by atoms with E-state index in [9.17, 15) is 8.78 Å². The molecule has 0 saturated carbocycles. The summed E-state index contributed by atoms with van der Waals surface area (Å²) in [5.41, 5.74) is 7.03. The van der Waals surface area contributed by atoms with Gasteiger partial charge in [0, 0.05) is 11.8 Å². The molecule has 2 aromatic rings. The van der Waals surface area contributed by atoms with Crippen molar-refractivity contribution in [3.63, 3.8) is 0 Å². The number of hydrogen-bond donors (Lipinski definition) is 2. The maximum Gasteiger partial charge on any atom is 0.177 e. The topological polar surface area (TPSA) is 50.9 Å². The van der Waals surface area contributed by atoms with E-state index in [0.717, 1.165) is 16.8 Å². The molecule has 0 radical (unpaired) electrons. The Kier molecular flexibility index (Phi) is 3.23. The van der Waals surface area contributed by atoms with Crippen molar-refractivity contribution >= 4 is 40.6 Å². The number of anilines is 1. The van der Waals surface area contributed by atoms with Crippen LogP contribution in [-0.2, 0) is 0 Å². The maximum atomic E-state index is 13.6. The largest absolute Gasteiger partial charge is 0.396 e. The van der Waals surface area contributed by atoms with Crippen molar-refractivity contribution in [2.24, 2.45) is 5.73 Å². The number of nitrogens with zero attached hydrogens (tertiary/aromatic N) is 1. The van der Waals surface area contributed by atoms with Gasteiger partial charge in [-0.2, -0.15) is 0 Å².